The molecule has 1 saturated heterocycles. The minimum atomic E-state index is -3.76. The van der Waals surface area contributed by atoms with Crippen molar-refractivity contribution in [3.05, 3.63) is 47.2 Å². The number of nitrogens with one attached hydrogen (secondary N) is 1. The van der Waals surface area contributed by atoms with Gasteiger partial charge < -0.3 is 4.90 Å². The molecule has 8 heteroatoms. The summed E-state index contributed by atoms with van der Waals surface area (Å²) in [6.07, 6.45) is 5.86. The molecule has 0 amide bonds. The Bertz CT molecular complexity index is 980. The Balaban J connectivity index is 1.55. The summed E-state index contributed by atoms with van der Waals surface area (Å²) in [5.74, 6) is 1.16. The fourth-order valence-corrected chi connectivity index (χ4v) is 5.44. The number of sulfonamides is 1. The molecule has 1 aliphatic heterocycles. The molecule has 1 N–H and O–H groups in total. The van der Waals surface area contributed by atoms with E-state index >= 15 is 0 Å². The predicted octanol–water partition coefficient (Wildman–Crippen LogP) is 2.75. The van der Waals surface area contributed by atoms with E-state index in [1.165, 1.54) is 23.8 Å². The van der Waals surface area contributed by atoms with Crippen molar-refractivity contribution in [2.75, 3.05) is 18.0 Å². The first kappa shape index (κ1) is 19.3. The molecule has 0 radical (unpaired) electrons. The van der Waals surface area contributed by atoms with Crippen LogP contribution < -0.4 is 9.62 Å². The molecule has 6 nitrogen and oxygen atoms in total. The van der Waals surface area contributed by atoms with E-state index in [4.69, 9.17) is 4.98 Å². The van der Waals surface area contributed by atoms with Crippen molar-refractivity contribution >= 4 is 15.8 Å². The summed E-state index contributed by atoms with van der Waals surface area (Å²) in [5, 5.41) is 0. The van der Waals surface area contributed by atoms with Gasteiger partial charge in [0.2, 0.25) is 10.0 Å². The highest BCUT2D eigenvalue weighted by Gasteiger charge is 2.28. The number of hydrogen-bond donors (Lipinski definition) is 1. The van der Waals surface area contributed by atoms with Crippen molar-refractivity contribution in [3.8, 4) is 0 Å². The van der Waals surface area contributed by atoms with E-state index in [-0.39, 0.29) is 10.9 Å². The van der Waals surface area contributed by atoms with Crippen LogP contribution in [0.4, 0.5) is 10.2 Å². The quantitative estimate of drug-likeness (QED) is 0.848. The van der Waals surface area contributed by atoms with Gasteiger partial charge in [-0.1, -0.05) is 6.07 Å². The average Bonchev–Trinajstić information content (AvgIpc) is 2.67. The standard InChI is InChI=1S/C20H25FN4O2S/c1-14-22-19-10-3-2-9-18(19)20(23-14)25-11-5-7-16(13-25)24-28(26,27)17-8-4-6-15(21)12-17/h4,6,8,12,16,24H,2-3,5,7,9-11,13H2,1H3. The van der Waals surface area contributed by atoms with E-state index in [0.29, 0.717) is 6.54 Å². The maximum Gasteiger partial charge on any atom is 0.240 e. The van der Waals surface area contributed by atoms with Gasteiger partial charge in [0.05, 0.1) is 4.90 Å². The van der Waals surface area contributed by atoms with Crippen molar-refractivity contribution in [2.45, 2.75) is 56.4 Å². The lowest BCUT2D eigenvalue weighted by Crippen LogP contribution is -2.48. The van der Waals surface area contributed by atoms with Crippen molar-refractivity contribution < 1.29 is 12.8 Å². The Hall–Kier alpha value is -2.06. The molecule has 28 heavy (non-hydrogen) atoms. The van der Waals surface area contributed by atoms with Crippen LogP contribution in [0, 0.1) is 12.7 Å². The van der Waals surface area contributed by atoms with E-state index in [9.17, 15) is 12.8 Å². The van der Waals surface area contributed by atoms with Crippen LogP contribution in [-0.2, 0) is 22.9 Å². The molecule has 1 aromatic heterocycles. The van der Waals surface area contributed by atoms with Gasteiger partial charge >= 0.3 is 0 Å². The van der Waals surface area contributed by atoms with Crippen LogP contribution in [0.2, 0.25) is 0 Å². The number of piperidine rings is 1. The number of anilines is 1. The number of halogens is 1. The Morgan fingerprint density at radius 1 is 1.18 bits per heavy atom. The lowest BCUT2D eigenvalue weighted by Gasteiger charge is -2.35. The first-order chi connectivity index (χ1) is 13.4. The van der Waals surface area contributed by atoms with Crippen molar-refractivity contribution in [2.24, 2.45) is 0 Å². The highest BCUT2D eigenvalue weighted by Crippen LogP contribution is 2.30. The molecule has 1 unspecified atom stereocenters. The average molecular weight is 405 g/mol. The molecule has 1 aliphatic carbocycles. The van der Waals surface area contributed by atoms with Gasteiger partial charge in [-0.05, 0) is 63.6 Å². The van der Waals surface area contributed by atoms with Crippen LogP contribution in [0.3, 0.4) is 0 Å². The fraction of sp³-hybridized carbons (Fsp3) is 0.500. The van der Waals surface area contributed by atoms with Gasteiger partial charge in [-0.3, -0.25) is 0 Å². The number of fused-ring (bicyclic) bond motifs is 1. The summed E-state index contributed by atoms with van der Waals surface area (Å²) in [4.78, 5) is 11.4. The smallest absolute Gasteiger partial charge is 0.240 e. The second-order valence-corrected chi connectivity index (χ2v) is 9.30. The summed E-state index contributed by atoms with van der Waals surface area (Å²) in [6, 6.07) is 4.87. The number of aromatic nitrogens is 2. The Kier molecular flexibility index (Phi) is 5.33. The van der Waals surface area contributed by atoms with Crippen LogP contribution in [-0.4, -0.2) is 37.5 Å². The second-order valence-electron chi connectivity index (χ2n) is 7.59. The second kappa shape index (κ2) is 7.75. The third kappa shape index (κ3) is 4.03. The van der Waals surface area contributed by atoms with Crippen molar-refractivity contribution in [1.29, 1.82) is 0 Å². The van der Waals surface area contributed by atoms with Gasteiger partial charge in [0.1, 0.15) is 17.5 Å². The molecule has 1 atom stereocenters. The third-order valence-electron chi connectivity index (χ3n) is 5.42. The van der Waals surface area contributed by atoms with Gasteiger partial charge in [-0.25, -0.2) is 27.5 Å². The molecular weight excluding hydrogens is 379 g/mol. The van der Waals surface area contributed by atoms with E-state index in [1.54, 1.807) is 0 Å². The molecule has 0 bridgehead atoms. The molecule has 2 aliphatic rings. The van der Waals surface area contributed by atoms with E-state index in [2.05, 4.69) is 14.6 Å². The zero-order valence-corrected chi connectivity index (χ0v) is 16.8. The topological polar surface area (TPSA) is 75.2 Å². The first-order valence-corrected chi connectivity index (χ1v) is 11.3. The van der Waals surface area contributed by atoms with Gasteiger partial charge in [-0.2, -0.15) is 0 Å². The lowest BCUT2D eigenvalue weighted by atomic mass is 9.95. The Morgan fingerprint density at radius 2 is 2.00 bits per heavy atom. The summed E-state index contributed by atoms with van der Waals surface area (Å²) in [6.45, 7) is 3.31. The lowest BCUT2D eigenvalue weighted by molar-refractivity contribution is 0.461. The highest BCUT2D eigenvalue weighted by atomic mass is 32.2. The summed E-state index contributed by atoms with van der Waals surface area (Å²) in [7, 11) is -3.76. The molecule has 0 saturated carbocycles. The molecule has 0 spiro atoms. The SMILES string of the molecule is Cc1nc2c(c(N3CCCC(NS(=O)(=O)c4cccc(F)c4)C3)n1)CCCC2. The maximum atomic E-state index is 13.4. The number of aryl methyl sites for hydroxylation is 2. The number of rotatable bonds is 4. The van der Waals surface area contributed by atoms with Crippen LogP contribution in [0.5, 0.6) is 0 Å². The zero-order valence-electron chi connectivity index (χ0n) is 16.0. The molecule has 2 heterocycles. The van der Waals surface area contributed by atoms with Gasteiger partial charge in [-0.15, -0.1) is 0 Å². The summed E-state index contributed by atoms with van der Waals surface area (Å²) in [5.41, 5.74) is 2.35. The van der Waals surface area contributed by atoms with Gasteiger partial charge in [0.25, 0.3) is 0 Å². The zero-order chi connectivity index (χ0) is 19.7. The summed E-state index contributed by atoms with van der Waals surface area (Å²) < 4.78 is 41.5. The maximum absolute atomic E-state index is 13.4. The molecule has 2 aromatic rings. The van der Waals surface area contributed by atoms with E-state index < -0.39 is 15.8 Å². The summed E-state index contributed by atoms with van der Waals surface area (Å²) >= 11 is 0. The predicted molar refractivity (Wildman–Crippen MR) is 105 cm³/mol. The largest absolute Gasteiger partial charge is 0.355 e. The van der Waals surface area contributed by atoms with E-state index in [1.807, 2.05) is 6.92 Å². The van der Waals surface area contributed by atoms with Crippen molar-refractivity contribution in [1.82, 2.24) is 14.7 Å². The minimum Gasteiger partial charge on any atom is -0.355 e. The Morgan fingerprint density at radius 3 is 2.82 bits per heavy atom. The molecule has 150 valence electrons. The highest BCUT2D eigenvalue weighted by molar-refractivity contribution is 7.89. The number of benzene rings is 1. The third-order valence-corrected chi connectivity index (χ3v) is 6.94. The Labute approximate surface area is 165 Å². The molecule has 4 rings (SSSR count). The molecule has 1 aromatic carbocycles. The fourth-order valence-electron chi connectivity index (χ4n) is 4.14. The normalized spacial score (nSPS) is 20.1. The van der Waals surface area contributed by atoms with Crippen LogP contribution in [0.15, 0.2) is 29.2 Å². The first-order valence-electron chi connectivity index (χ1n) is 9.81. The van der Waals surface area contributed by atoms with Crippen LogP contribution in [0.1, 0.15) is 42.8 Å². The van der Waals surface area contributed by atoms with Crippen LogP contribution in [0.25, 0.3) is 0 Å². The molecular formula is C20H25FN4O2S. The van der Waals surface area contributed by atoms with Gasteiger partial charge in [0, 0.05) is 30.4 Å². The van der Waals surface area contributed by atoms with Crippen molar-refractivity contribution in [3.63, 3.8) is 0 Å². The van der Waals surface area contributed by atoms with E-state index in [0.717, 1.165) is 68.5 Å². The van der Waals surface area contributed by atoms with Crippen LogP contribution >= 0.6 is 0 Å². The number of nitrogens with zero attached hydrogens (tertiary/aromatic N) is 3. The molecule has 1 fully saturated rings. The van der Waals surface area contributed by atoms with Gasteiger partial charge in [0.15, 0.2) is 0 Å². The number of hydrogen-bond acceptors (Lipinski definition) is 5. The monoisotopic (exact) mass is 404 g/mol. The minimum absolute atomic E-state index is 0.0418.